The Morgan fingerprint density at radius 2 is 2.05 bits per heavy atom. The molecule has 0 aliphatic carbocycles. The van der Waals surface area contributed by atoms with E-state index < -0.39 is 0 Å². The fourth-order valence-corrected chi connectivity index (χ4v) is 3.00. The predicted octanol–water partition coefficient (Wildman–Crippen LogP) is 1.02. The maximum absolute atomic E-state index is 12.3. The van der Waals surface area contributed by atoms with E-state index in [1.54, 1.807) is 6.92 Å². The lowest BCUT2D eigenvalue weighted by Gasteiger charge is -2.31. The molecule has 0 aromatic carbocycles. The van der Waals surface area contributed by atoms with Crippen LogP contribution in [0.15, 0.2) is 0 Å². The highest BCUT2D eigenvalue weighted by Gasteiger charge is 2.26. The lowest BCUT2D eigenvalue weighted by Crippen LogP contribution is -2.43. The first kappa shape index (κ1) is 15.7. The molecule has 7 nitrogen and oxygen atoms in total. The molecule has 1 aromatic rings. The van der Waals surface area contributed by atoms with Crippen molar-refractivity contribution >= 4 is 23.5 Å². The normalized spacial score (nSPS) is 15.8. The monoisotopic (exact) mass is 311 g/mol. The van der Waals surface area contributed by atoms with E-state index in [4.69, 9.17) is 0 Å². The molecule has 1 aliphatic heterocycles. The van der Waals surface area contributed by atoms with Crippen LogP contribution in [0.25, 0.3) is 0 Å². The van der Waals surface area contributed by atoms with Gasteiger partial charge in [-0.25, -0.2) is 4.79 Å². The van der Waals surface area contributed by atoms with Crippen LogP contribution >= 0.6 is 11.5 Å². The van der Waals surface area contributed by atoms with Gasteiger partial charge in [-0.15, -0.1) is 5.10 Å². The SMILES string of the molecule is CCNC(=O)NCC1CCN(C(=O)c2snnc2C)CC1. The molecule has 0 bridgehead atoms. The van der Waals surface area contributed by atoms with Crippen molar-refractivity contribution in [2.75, 3.05) is 26.2 Å². The Balaban J connectivity index is 1.77. The van der Waals surface area contributed by atoms with Crippen molar-refractivity contribution in [3.63, 3.8) is 0 Å². The molecule has 1 fully saturated rings. The zero-order chi connectivity index (χ0) is 15.2. The van der Waals surface area contributed by atoms with Gasteiger partial charge in [0.05, 0.1) is 5.69 Å². The number of urea groups is 1. The number of likely N-dealkylation sites (tertiary alicyclic amines) is 1. The number of piperidine rings is 1. The fraction of sp³-hybridized carbons (Fsp3) is 0.692. The lowest BCUT2D eigenvalue weighted by atomic mass is 9.96. The van der Waals surface area contributed by atoms with E-state index in [0.29, 0.717) is 29.6 Å². The Hall–Kier alpha value is -1.70. The Morgan fingerprint density at radius 1 is 1.33 bits per heavy atom. The number of rotatable bonds is 4. The summed E-state index contributed by atoms with van der Waals surface area (Å²) in [5.41, 5.74) is 0.699. The number of aromatic nitrogens is 2. The van der Waals surface area contributed by atoms with Gasteiger partial charge in [0.15, 0.2) is 0 Å². The third-order valence-corrected chi connectivity index (χ3v) is 4.45. The van der Waals surface area contributed by atoms with E-state index in [1.807, 2.05) is 11.8 Å². The molecule has 21 heavy (non-hydrogen) atoms. The first-order valence-electron chi connectivity index (χ1n) is 7.21. The molecular formula is C13H21N5O2S. The smallest absolute Gasteiger partial charge is 0.314 e. The molecule has 1 aromatic heterocycles. The number of amides is 3. The second kappa shape index (κ2) is 7.35. The van der Waals surface area contributed by atoms with Gasteiger partial charge in [-0.1, -0.05) is 4.49 Å². The van der Waals surface area contributed by atoms with E-state index in [0.717, 1.165) is 37.5 Å². The van der Waals surface area contributed by atoms with Crippen LogP contribution in [-0.2, 0) is 0 Å². The lowest BCUT2D eigenvalue weighted by molar-refractivity contribution is 0.0694. The largest absolute Gasteiger partial charge is 0.338 e. The molecule has 0 atom stereocenters. The zero-order valence-electron chi connectivity index (χ0n) is 12.4. The third-order valence-electron chi connectivity index (χ3n) is 3.64. The standard InChI is InChI=1S/C13H21N5O2S/c1-3-14-13(20)15-8-10-4-6-18(7-5-10)12(19)11-9(2)16-17-21-11/h10H,3-8H2,1-2H3,(H2,14,15,20). The summed E-state index contributed by atoms with van der Waals surface area (Å²) >= 11 is 1.15. The zero-order valence-corrected chi connectivity index (χ0v) is 13.2. The Kier molecular flexibility index (Phi) is 5.49. The quantitative estimate of drug-likeness (QED) is 0.869. The topological polar surface area (TPSA) is 87.2 Å². The summed E-state index contributed by atoms with van der Waals surface area (Å²) in [6.45, 7) is 6.42. The number of hydrogen-bond donors (Lipinski definition) is 2. The van der Waals surface area contributed by atoms with Gasteiger partial charge in [0, 0.05) is 26.2 Å². The van der Waals surface area contributed by atoms with Gasteiger partial charge in [-0.3, -0.25) is 4.79 Å². The van der Waals surface area contributed by atoms with Crippen LogP contribution < -0.4 is 10.6 Å². The van der Waals surface area contributed by atoms with Crippen molar-refractivity contribution in [3.05, 3.63) is 10.6 Å². The molecule has 8 heteroatoms. The average Bonchev–Trinajstić information content (AvgIpc) is 2.91. The van der Waals surface area contributed by atoms with Crippen molar-refractivity contribution in [3.8, 4) is 0 Å². The minimum Gasteiger partial charge on any atom is -0.338 e. The van der Waals surface area contributed by atoms with Gasteiger partial charge >= 0.3 is 6.03 Å². The predicted molar refractivity (Wildman–Crippen MR) is 80.3 cm³/mol. The van der Waals surface area contributed by atoms with Gasteiger partial charge in [-0.2, -0.15) is 0 Å². The van der Waals surface area contributed by atoms with Gasteiger partial charge in [-0.05, 0) is 44.1 Å². The minimum absolute atomic E-state index is 0.0256. The first-order chi connectivity index (χ1) is 10.1. The van der Waals surface area contributed by atoms with E-state index in [1.165, 1.54) is 0 Å². The highest BCUT2D eigenvalue weighted by molar-refractivity contribution is 7.07. The molecule has 2 rings (SSSR count). The number of nitrogens with one attached hydrogen (secondary N) is 2. The van der Waals surface area contributed by atoms with Crippen LogP contribution in [0.3, 0.4) is 0 Å². The van der Waals surface area contributed by atoms with Crippen molar-refractivity contribution in [2.24, 2.45) is 5.92 Å². The maximum atomic E-state index is 12.3. The molecule has 0 saturated carbocycles. The minimum atomic E-state index is -0.123. The first-order valence-corrected chi connectivity index (χ1v) is 7.99. The van der Waals surface area contributed by atoms with E-state index >= 15 is 0 Å². The molecule has 2 heterocycles. The summed E-state index contributed by atoms with van der Waals surface area (Å²) in [6.07, 6.45) is 1.81. The molecule has 2 N–H and O–H groups in total. The van der Waals surface area contributed by atoms with E-state index in [2.05, 4.69) is 20.2 Å². The summed E-state index contributed by atoms with van der Waals surface area (Å²) in [6, 6.07) is -0.123. The van der Waals surface area contributed by atoms with Crippen LogP contribution in [0, 0.1) is 12.8 Å². The summed E-state index contributed by atoms with van der Waals surface area (Å²) < 4.78 is 3.81. The Labute approximate surface area is 128 Å². The highest BCUT2D eigenvalue weighted by Crippen LogP contribution is 2.20. The molecule has 116 valence electrons. The third kappa shape index (κ3) is 4.13. The van der Waals surface area contributed by atoms with Crippen molar-refractivity contribution in [1.29, 1.82) is 0 Å². The summed E-state index contributed by atoms with van der Waals surface area (Å²) in [7, 11) is 0. The number of nitrogens with zero attached hydrogens (tertiary/aromatic N) is 3. The van der Waals surface area contributed by atoms with Crippen LogP contribution in [0.5, 0.6) is 0 Å². The van der Waals surface area contributed by atoms with Crippen LogP contribution in [-0.4, -0.2) is 52.6 Å². The molecule has 0 radical (unpaired) electrons. The maximum Gasteiger partial charge on any atom is 0.314 e. The second-order valence-electron chi connectivity index (χ2n) is 5.16. The number of hydrogen-bond acceptors (Lipinski definition) is 5. The Morgan fingerprint density at radius 3 is 2.62 bits per heavy atom. The van der Waals surface area contributed by atoms with Crippen LogP contribution in [0.1, 0.15) is 35.1 Å². The molecule has 1 aliphatic rings. The van der Waals surface area contributed by atoms with Gasteiger partial charge < -0.3 is 15.5 Å². The van der Waals surface area contributed by atoms with Gasteiger partial charge in [0.25, 0.3) is 5.91 Å². The molecular weight excluding hydrogens is 290 g/mol. The highest BCUT2D eigenvalue weighted by atomic mass is 32.1. The van der Waals surface area contributed by atoms with Crippen molar-refractivity contribution < 1.29 is 9.59 Å². The summed E-state index contributed by atoms with van der Waals surface area (Å²) in [5, 5.41) is 9.45. The van der Waals surface area contributed by atoms with Gasteiger partial charge in [0.1, 0.15) is 4.88 Å². The van der Waals surface area contributed by atoms with Crippen LogP contribution in [0.2, 0.25) is 0 Å². The van der Waals surface area contributed by atoms with Crippen LogP contribution in [0.4, 0.5) is 4.79 Å². The van der Waals surface area contributed by atoms with Gasteiger partial charge in [0.2, 0.25) is 0 Å². The molecule has 0 unspecified atom stereocenters. The number of carbonyl (C=O) groups excluding carboxylic acids is 2. The number of aryl methyl sites for hydroxylation is 1. The molecule has 1 saturated heterocycles. The fourth-order valence-electron chi connectivity index (χ4n) is 2.37. The van der Waals surface area contributed by atoms with Crippen molar-refractivity contribution in [2.45, 2.75) is 26.7 Å². The summed E-state index contributed by atoms with van der Waals surface area (Å²) in [4.78, 5) is 26.2. The van der Waals surface area contributed by atoms with E-state index in [9.17, 15) is 9.59 Å². The molecule has 0 spiro atoms. The van der Waals surface area contributed by atoms with E-state index in [-0.39, 0.29) is 11.9 Å². The Bertz CT molecular complexity index is 497. The second-order valence-corrected chi connectivity index (χ2v) is 5.92. The average molecular weight is 311 g/mol. The molecule has 3 amide bonds. The number of carbonyl (C=O) groups is 2. The summed E-state index contributed by atoms with van der Waals surface area (Å²) in [5.74, 6) is 0.454. The van der Waals surface area contributed by atoms with Crippen molar-refractivity contribution in [1.82, 2.24) is 25.1 Å².